The fourth-order valence-electron chi connectivity index (χ4n) is 5.71. The molecule has 0 bridgehead atoms. The Hall–Kier alpha value is -0.560. The molecule has 4 rings (SSSR count). The lowest BCUT2D eigenvalue weighted by Gasteiger charge is -2.49. The quantitative estimate of drug-likeness (QED) is 0.698. The van der Waals surface area contributed by atoms with Crippen molar-refractivity contribution in [3.05, 3.63) is 23.3 Å². The molecule has 1 nitrogen and oxygen atoms in total. The Kier molecular flexibility index (Phi) is 2.88. The first kappa shape index (κ1) is 12.2. The predicted octanol–water partition coefficient (Wildman–Crippen LogP) is 4.23. The molecule has 2 fully saturated rings. The zero-order valence-corrected chi connectivity index (χ0v) is 11.9. The maximum Gasteiger partial charge on any atom is 0.0493 e. The first-order valence-electron chi connectivity index (χ1n) is 8.34. The molecule has 104 valence electrons. The van der Waals surface area contributed by atoms with Gasteiger partial charge < -0.3 is 5.11 Å². The fraction of sp³-hybridized carbons (Fsp3) is 0.778. The van der Waals surface area contributed by atoms with E-state index in [1.807, 2.05) is 0 Å². The van der Waals surface area contributed by atoms with Gasteiger partial charge in [-0.2, -0.15) is 0 Å². The Bertz CT molecular complexity index is 433. The topological polar surface area (TPSA) is 20.2 Å². The average Bonchev–Trinajstić information content (AvgIpc) is 2.91. The second kappa shape index (κ2) is 4.48. The molecular weight excluding hydrogens is 232 g/mol. The van der Waals surface area contributed by atoms with Gasteiger partial charge >= 0.3 is 0 Å². The van der Waals surface area contributed by atoms with Gasteiger partial charge in [0.2, 0.25) is 0 Å². The summed E-state index contributed by atoms with van der Waals surface area (Å²) in [7, 11) is 0. The van der Waals surface area contributed by atoms with E-state index in [-0.39, 0.29) is 5.41 Å². The van der Waals surface area contributed by atoms with Gasteiger partial charge in [-0.25, -0.2) is 0 Å². The van der Waals surface area contributed by atoms with E-state index in [1.54, 1.807) is 11.1 Å². The summed E-state index contributed by atoms with van der Waals surface area (Å²) in [6, 6.07) is 0. The Labute approximate surface area is 116 Å². The van der Waals surface area contributed by atoms with Gasteiger partial charge in [0.25, 0.3) is 0 Å². The number of fused-ring (bicyclic) bond motifs is 5. The largest absolute Gasteiger partial charge is 0.396 e. The molecule has 0 radical (unpaired) electrons. The summed E-state index contributed by atoms with van der Waals surface area (Å²) in [4.78, 5) is 0. The van der Waals surface area contributed by atoms with Crippen LogP contribution in [-0.4, -0.2) is 11.7 Å². The van der Waals surface area contributed by atoms with Crippen LogP contribution in [0.1, 0.15) is 57.8 Å². The normalized spacial score (nSPS) is 44.8. The highest BCUT2D eigenvalue weighted by molar-refractivity contribution is 5.32. The Morgan fingerprint density at radius 3 is 2.89 bits per heavy atom. The molecule has 0 heterocycles. The average molecular weight is 258 g/mol. The molecule has 1 heteroatoms. The first-order valence-corrected chi connectivity index (χ1v) is 8.34. The summed E-state index contributed by atoms with van der Waals surface area (Å²) in [6.07, 6.45) is 17.0. The Morgan fingerprint density at radius 1 is 1.05 bits per heavy atom. The predicted molar refractivity (Wildman–Crippen MR) is 77.7 cm³/mol. The van der Waals surface area contributed by atoms with Crippen molar-refractivity contribution in [3.8, 4) is 0 Å². The number of hydrogen-bond donors (Lipinski definition) is 1. The highest BCUT2D eigenvalue weighted by Gasteiger charge is 2.51. The van der Waals surface area contributed by atoms with Gasteiger partial charge in [-0.15, -0.1) is 0 Å². The molecule has 4 atom stereocenters. The van der Waals surface area contributed by atoms with Gasteiger partial charge in [0, 0.05) is 12.0 Å². The summed E-state index contributed by atoms with van der Waals surface area (Å²) in [5.74, 6) is 2.42. The summed E-state index contributed by atoms with van der Waals surface area (Å²) in [6.45, 7) is 0.426. The van der Waals surface area contributed by atoms with Crippen molar-refractivity contribution >= 4 is 0 Å². The van der Waals surface area contributed by atoms with Crippen LogP contribution in [0.5, 0.6) is 0 Å². The van der Waals surface area contributed by atoms with E-state index in [4.69, 9.17) is 0 Å². The van der Waals surface area contributed by atoms with Crippen molar-refractivity contribution in [1.82, 2.24) is 0 Å². The molecule has 0 saturated heterocycles. The molecule has 0 aromatic carbocycles. The van der Waals surface area contributed by atoms with Crippen LogP contribution in [0.15, 0.2) is 23.3 Å². The van der Waals surface area contributed by atoms with Crippen LogP contribution >= 0.6 is 0 Å². The zero-order chi connectivity index (χ0) is 12.9. The highest BCUT2D eigenvalue weighted by atomic mass is 16.3. The third-order valence-corrected chi connectivity index (χ3v) is 6.67. The molecule has 0 amide bonds. The van der Waals surface area contributed by atoms with Gasteiger partial charge in [0.05, 0.1) is 0 Å². The van der Waals surface area contributed by atoms with E-state index >= 15 is 0 Å². The lowest BCUT2D eigenvalue weighted by atomic mass is 9.56. The van der Waals surface area contributed by atoms with Crippen molar-refractivity contribution in [1.29, 1.82) is 0 Å². The molecule has 0 aromatic heterocycles. The standard InChI is InChI=1S/C18H26O/c19-12-18-10-3-6-17(18)16-8-7-13-4-1-2-5-14(13)15(16)9-11-18/h4,8,14-15,17,19H,1-3,5-7,9-12H2/t14-,15+,17-,18-/m0/s1. The van der Waals surface area contributed by atoms with Gasteiger partial charge in [0.1, 0.15) is 0 Å². The van der Waals surface area contributed by atoms with E-state index in [9.17, 15) is 5.11 Å². The molecule has 0 aliphatic heterocycles. The molecule has 4 aliphatic carbocycles. The van der Waals surface area contributed by atoms with Crippen LogP contribution in [0, 0.1) is 23.2 Å². The number of aliphatic hydroxyl groups is 1. The minimum Gasteiger partial charge on any atom is -0.396 e. The second-order valence-electron chi connectivity index (χ2n) is 7.34. The van der Waals surface area contributed by atoms with Crippen LogP contribution in [-0.2, 0) is 0 Å². The Balaban J connectivity index is 1.70. The van der Waals surface area contributed by atoms with E-state index in [0.717, 1.165) is 17.8 Å². The van der Waals surface area contributed by atoms with Gasteiger partial charge in [-0.3, -0.25) is 0 Å². The third kappa shape index (κ3) is 1.70. The monoisotopic (exact) mass is 258 g/mol. The van der Waals surface area contributed by atoms with E-state index in [1.165, 1.54) is 57.8 Å². The van der Waals surface area contributed by atoms with Crippen LogP contribution in [0.3, 0.4) is 0 Å². The van der Waals surface area contributed by atoms with Crippen molar-refractivity contribution in [2.24, 2.45) is 23.2 Å². The van der Waals surface area contributed by atoms with Crippen molar-refractivity contribution in [3.63, 3.8) is 0 Å². The summed E-state index contributed by atoms with van der Waals surface area (Å²) in [5.41, 5.74) is 3.79. The molecule has 1 N–H and O–H groups in total. The minimum absolute atomic E-state index is 0.276. The summed E-state index contributed by atoms with van der Waals surface area (Å²) >= 11 is 0. The molecule has 4 aliphatic rings. The van der Waals surface area contributed by atoms with Crippen molar-refractivity contribution < 1.29 is 5.11 Å². The Morgan fingerprint density at radius 2 is 2.00 bits per heavy atom. The molecule has 0 spiro atoms. The molecule has 2 saturated carbocycles. The molecular formula is C18H26O. The van der Waals surface area contributed by atoms with Crippen LogP contribution in [0.25, 0.3) is 0 Å². The third-order valence-electron chi connectivity index (χ3n) is 6.67. The van der Waals surface area contributed by atoms with Crippen molar-refractivity contribution in [2.45, 2.75) is 57.8 Å². The summed E-state index contributed by atoms with van der Waals surface area (Å²) in [5, 5.41) is 9.94. The fourth-order valence-corrected chi connectivity index (χ4v) is 5.71. The first-order chi connectivity index (χ1) is 9.34. The zero-order valence-electron chi connectivity index (χ0n) is 11.9. The molecule has 19 heavy (non-hydrogen) atoms. The van der Waals surface area contributed by atoms with Crippen LogP contribution in [0.4, 0.5) is 0 Å². The van der Waals surface area contributed by atoms with E-state index in [0.29, 0.717) is 6.61 Å². The van der Waals surface area contributed by atoms with Gasteiger partial charge in [-0.1, -0.05) is 29.7 Å². The van der Waals surface area contributed by atoms with E-state index < -0.39 is 0 Å². The van der Waals surface area contributed by atoms with Crippen molar-refractivity contribution in [2.75, 3.05) is 6.61 Å². The van der Waals surface area contributed by atoms with E-state index in [2.05, 4.69) is 12.2 Å². The second-order valence-corrected chi connectivity index (χ2v) is 7.34. The minimum atomic E-state index is 0.276. The lowest BCUT2D eigenvalue weighted by molar-refractivity contribution is 0.0498. The summed E-state index contributed by atoms with van der Waals surface area (Å²) < 4.78 is 0. The number of allylic oxidation sites excluding steroid dienone is 4. The smallest absolute Gasteiger partial charge is 0.0493 e. The number of rotatable bonds is 1. The number of hydrogen-bond acceptors (Lipinski definition) is 1. The molecule has 0 unspecified atom stereocenters. The molecule has 0 aromatic rings. The SMILES string of the molecule is OC[C@@]12CCC[C@H]1C1=CCC3=CCCC[C@@H]3[C@H]1CC2. The maximum absolute atomic E-state index is 9.94. The highest BCUT2D eigenvalue weighted by Crippen LogP contribution is 2.59. The van der Waals surface area contributed by atoms with Gasteiger partial charge in [-0.05, 0) is 69.1 Å². The lowest BCUT2D eigenvalue weighted by Crippen LogP contribution is -2.41. The van der Waals surface area contributed by atoms with Crippen LogP contribution < -0.4 is 0 Å². The van der Waals surface area contributed by atoms with Gasteiger partial charge in [0.15, 0.2) is 0 Å². The number of aliphatic hydroxyl groups excluding tert-OH is 1. The van der Waals surface area contributed by atoms with Crippen LogP contribution in [0.2, 0.25) is 0 Å². The maximum atomic E-state index is 9.94.